The fraction of sp³-hybridized carbons (Fsp3) is 0.125. The number of carbonyl (C=O) groups excluding carboxylic acids is 2. The van der Waals surface area contributed by atoms with Crippen LogP contribution in [-0.4, -0.2) is 11.9 Å². The third-order valence-corrected chi connectivity index (χ3v) is 3.12. The number of anilines is 1. The van der Waals surface area contributed by atoms with Crippen molar-refractivity contribution in [1.29, 1.82) is 0 Å². The fourth-order valence-electron chi connectivity index (χ4n) is 1.98. The number of hydrogen-bond acceptors (Lipinski definition) is 2. The topological polar surface area (TPSA) is 84.2 Å². The molecule has 22 heavy (non-hydrogen) atoms. The maximum atomic E-state index is 12.8. The number of amides is 3. The van der Waals surface area contributed by atoms with Crippen LogP contribution >= 0.6 is 0 Å². The van der Waals surface area contributed by atoms with Crippen LogP contribution in [0.1, 0.15) is 21.5 Å². The Morgan fingerprint density at radius 1 is 1.14 bits per heavy atom. The van der Waals surface area contributed by atoms with E-state index in [2.05, 4.69) is 10.6 Å². The predicted molar refractivity (Wildman–Crippen MR) is 82.0 cm³/mol. The van der Waals surface area contributed by atoms with E-state index in [1.54, 1.807) is 37.3 Å². The Labute approximate surface area is 127 Å². The lowest BCUT2D eigenvalue weighted by Crippen LogP contribution is -2.28. The number of aryl methyl sites for hydroxylation is 1. The number of primary amides is 1. The van der Waals surface area contributed by atoms with E-state index in [0.717, 1.165) is 5.56 Å². The standard InChI is InChI=1S/C16H16FN3O2/c1-10-8-13(6-7-14(10)15(18)21)20-16(22)19-9-11-2-4-12(17)5-3-11/h2-8H,9H2,1H3,(H2,18,21)(H2,19,20,22). The molecule has 6 heteroatoms. The van der Waals surface area contributed by atoms with Crippen LogP contribution < -0.4 is 16.4 Å². The summed E-state index contributed by atoms with van der Waals surface area (Å²) in [5, 5.41) is 5.31. The second-order valence-corrected chi connectivity index (χ2v) is 4.83. The normalized spacial score (nSPS) is 10.1. The van der Waals surface area contributed by atoms with Crippen LogP contribution in [-0.2, 0) is 6.54 Å². The highest BCUT2D eigenvalue weighted by molar-refractivity contribution is 5.95. The third-order valence-electron chi connectivity index (χ3n) is 3.12. The van der Waals surface area contributed by atoms with Crippen LogP contribution in [0.3, 0.4) is 0 Å². The lowest BCUT2D eigenvalue weighted by atomic mass is 10.1. The maximum Gasteiger partial charge on any atom is 0.319 e. The van der Waals surface area contributed by atoms with Crippen LogP contribution in [0.2, 0.25) is 0 Å². The molecule has 4 N–H and O–H groups in total. The van der Waals surface area contributed by atoms with Gasteiger partial charge < -0.3 is 16.4 Å². The van der Waals surface area contributed by atoms with Crippen LogP contribution in [0.15, 0.2) is 42.5 Å². The molecule has 0 atom stereocenters. The zero-order valence-corrected chi connectivity index (χ0v) is 12.0. The summed E-state index contributed by atoms with van der Waals surface area (Å²) in [6.07, 6.45) is 0. The van der Waals surface area contributed by atoms with Gasteiger partial charge in [0, 0.05) is 17.8 Å². The first-order valence-corrected chi connectivity index (χ1v) is 6.65. The van der Waals surface area contributed by atoms with Gasteiger partial charge in [-0.05, 0) is 48.4 Å². The molecule has 0 spiro atoms. The largest absolute Gasteiger partial charge is 0.366 e. The van der Waals surface area contributed by atoms with Crippen molar-refractivity contribution < 1.29 is 14.0 Å². The molecule has 2 aromatic rings. The second kappa shape index (κ2) is 6.71. The fourth-order valence-corrected chi connectivity index (χ4v) is 1.98. The number of carbonyl (C=O) groups is 2. The van der Waals surface area contributed by atoms with Crippen molar-refractivity contribution in [2.24, 2.45) is 5.73 Å². The molecule has 0 aromatic heterocycles. The maximum absolute atomic E-state index is 12.8. The van der Waals surface area contributed by atoms with Crippen molar-refractivity contribution in [1.82, 2.24) is 5.32 Å². The molecule has 0 aliphatic heterocycles. The first-order chi connectivity index (χ1) is 10.5. The SMILES string of the molecule is Cc1cc(NC(=O)NCc2ccc(F)cc2)ccc1C(N)=O. The Hall–Kier alpha value is -2.89. The summed E-state index contributed by atoms with van der Waals surface area (Å²) < 4.78 is 12.8. The molecule has 0 saturated heterocycles. The van der Waals surface area contributed by atoms with Crippen molar-refractivity contribution in [2.45, 2.75) is 13.5 Å². The van der Waals surface area contributed by atoms with Gasteiger partial charge in [-0.15, -0.1) is 0 Å². The van der Waals surface area contributed by atoms with Crippen LogP contribution in [0.25, 0.3) is 0 Å². The quantitative estimate of drug-likeness (QED) is 0.811. The summed E-state index contributed by atoms with van der Waals surface area (Å²) in [6, 6.07) is 10.3. The van der Waals surface area contributed by atoms with Crippen molar-refractivity contribution >= 4 is 17.6 Å². The van der Waals surface area contributed by atoms with E-state index in [4.69, 9.17) is 5.73 Å². The van der Waals surface area contributed by atoms with Gasteiger partial charge in [-0.25, -0.2) is 9.18 Å². The molecule has 0 heterocycles. The average molecular weight is 301 g/mol. The van der Waals surface area contributed by atoms with Crippen LogP contribution in [0, 0.1) is 12.7 Å². The second-order valence-electron chi connectivity index (χ2n) is 4.83. The molecule has 0 aliphatic rings. The van der Waals surface area contributed by atoms with E-state index in [1.165, 1.54) is 12.1 Å². The van der Waals surface area contributed by atoms with Crippen molar-refractivity contribution in [3.63, 3.8) is 0 Å². The molecule has 0 unspecified atom stereocenters. The van der Waals surface area contributed by atoms with Gasteiger partial charge in [-0.1, -0.05) is 12.1 Å². The molecular weight excluding hydrogens is 285 g/mol. The van der Waals surface area contributed by atoms with Gasteiger partial charge in [0.1, 0.15) is 5.82 Å². The van der Waals surface area contributed by atoms with Gasteiger partial charge in [-0.2, -0.15) is 0 Å². The van der Waals surface area contributed by atoms with Crippen LogP contribution in [0.4, 0.5) is 14.9 Å². The van der Waals surface area contributed by atoms with Gasteiger partial charge in [-0.3, -0.25) is 4.79 Å². The average Bonchev–Trinajstić information content (AvgIpc) is 2.46. The number of rotatable bonds is 4. The van der Waals surface area contributed by atoms with E-state index in [1.807, 2.05) is 0 Å². The number of urea groups is 1. The zero-order valence-electron chi connectivity index (χ0n) is 12.0. The minimum atomic E-state index is -0.509. The predicted octanol–water partition coefficient (Wildman–Crippen LogP) is 2.55. The van der Waals surface area contributed by atoms with E-state index in [9.17, 15) is 14.0 Å². The van der Waals surface area contributed by atoms with Crippen LogP contribution in [0.5, 0.6) is 0 Å². The summed E-state index contributed by atoms with van der Waals surface area (Å²) in [5.74, 6) is -0.831. The van der Waals surface area contributed by atoms with Gasteiger partial charge in [0.2, 0.25) is 5.91 Å². The first kappa shape index (κ1) is 15.5. The smallest absolute Gasteiger partial charge is 0.319 e. The summed E-state index contributed by atoms with van der Waals surface area (Å²) in [5.41, 5.74) is 7.66. The highest BCUT2D eigenvalue weighted by Crippen LogP contribution is 2.14. The molecule has 0 radical (unpaired) electrons. The summed E-state index contributed by atoms with van der Waals surface area (Å²) in [7, 11) is 0. The van der Waals surface area contributed by atoms with E-state index >= 15 is 0 Å². The van der Waals surface area contributed by atoms with E-state index < -0.39 is 11.9 Å². The number of hydrogen-bond donors (Lipinski definition) is 3. The first-order valence-electron chi connectivity index (χ1n) is 6.65. The van der Waals surface area contributed by atoms with Crippen molar-refractivity contribution in [3.8, 4) is 0 Å². The van der Waals surface area contributed by atoms with E-state index in [0.29, 0.717) is 16.8 Å². The lowest BCUT2D eigenvalue weighted by molar-refractivity contribution is 0.0999. The number of halogens is 1. The molecule has 0 fully saturated rings. The molecule has 0 bridgehead atoms. The Kier molecular flexibility index (Phi) is 4.73. The molecule has 0 saturated carbocycles. The summed E-state index contributed by atoms with van der Waals surface area (Å²) in [4.78, 5) is 22.9. The Morgan fingerprint density at radius 3 is 2.41 bits per heavy atom. The molecule has 2 aromatic carbocycles. The minimum absolute atomic E-state index is 0.282. The minimum Gasteiger partial charge on any atom is -0.366 e. The number of benzene rings is 2. The van der Waals surface area contributed by atoms with Gasteiger partial charge in [0.05, 0.1) is 0 Å². The molecule has 3 amide bonds. The van der Waals surface area contributed by atoms with Gasteiger partial charge in [0.15, 0.2) is 0 Å². The molecule has 0 aliphatic carbocycles. The molecule has 2 rings (SSSR count). The number of nitrogens with two attached hydrogens (primary N) is 1. The van der Waals surface area contributed by atoms with Crippen molar-refractivity contribution in [2.75, 3.05) is 5.32 Å². The zero-order chi connectivity index (χ0) is 16.1. The van der Waals surface area contributed by atoms with Gasteiger partial charge in [0.25, 0.3) is 0 Å². The highest BCUT2D eigenvalue weighted by atomic mass is 19.1. The molecule has 114 valence electrons. The summed E-state index contributed by atoms with van der Waals surface area (Å²) in [6.45, 7) is 2.02. The van der Waals surface area contributed by atoms with Crippen molar-refractivity contribution in [3.05, 3.63) is 65.0 Å². The van der Waals surface area contributed by atoms with Gasteiger partial charge >= 0.3 is 6.03 Å². The Balaban J connectivity index is 1.93. The molecule has 5 nitrogen and oxygen atoms in total. The lowest BCUT2D eigenvalue weighted by Gasteiger charge is -2.09. The number of nitrogens with one attached hydrogen (secondary N) is 2. The third kappa shape index (κ3) is 4.05. The van der Waals surface area contributed by atoms with E-state index in [-0.39, 0.29) is 12.4 Å². The Morgan fingerprint density at radius 2 is 1.82 bits per heavy atom. The highest BCUT2D eigenvalue weighted by Gasteiger charge is 2.07. The molecular formula is C16H16FN3O2. The monoisotopic (exact) mass is 301 g/mol. The Bertz CT molecular complexity index is 699. The summed E-state index contributed by atoms with van der Waals surface area (Å²) >= 11 is 0.